The molecule has 0 N–H and O–H groups in total. The van der Waals surface area contributed by atoms with Gasteiger partial charge in [-0.2, -0.15) is 0 Å². The van der Waals surface area contributed by atoms with Gasteiger partial charge in [-0.25, -0.2) is 0 Å². The Labute approximate surface area is 216 Å². The third kappa shape index (κ3) is 4.11. The van der Waals surface area contributed by atoms with Crippen molar-refractivity contribution in [2.24, 2.45) is 0 Å². The summed E-state index contributed by atoms with van der Waals surface area (Å²) in [7, 11) is 8.89. The first-order valence-electron chi connectivity index (χ1n) is 10.7. The summed E-state index contributed by atoms with van der Waals surface area (Å²) >= 11 is 2.25. The molecular weight excluding hydrogens is 512 g/mol. The molecule has 0 bridgehead atoms. The fourth-order valence-electron chi connectivity index (χ4n) is 4.39. The van der Waals surface area contributed by atoms with E-state index in [2.05, 4.69) is 0 Å². The van der Waals surface area contributed by atoms with Crippen molar-refractivity contribution in [3.05, 3.63) is 22.3 Å². The molecule has 194 valence electrons. The highest BCUT2D eigenvalue weighted by atomic mass is 32.2. The lowest BCUT2D eigenvalue weighted by molar-refractivity contribution is 0.0490. The van der Waals surface area contributed by atoms with Gasteiger partial charge in [0, 0.05) is 36.9 Å². The first kappa shape index (κ1) is 26.3. The summed E-state index contributed by atoms with van der Waals surface area (Å²) in [6, 6.07) is 0. The standard InChI is InChI=1S/C24H26O10S2/c1-27-9-33-19-13-11(7-35-23(13)25)17(29-3)21(31-5)15(19)16-20(34-10-28-2)14-12(8-36-24(14)26)18(30-4)22(16)32-6/h7-10H2,1-6H3. The zero-order chi connectivity index (χ0) is 26.0. The molecule has 2 aromatic rings. The van der Waals surface area contributed by atoms with Crippen LogP contribution in [0.1, 0.15) is 31.8 Å². The van der Waals surface area contributed by atoms with Gasteiger partial charge in [-0.05, 0) is 0 Å². The van der Waals surface area contributed by atoms with Crippen LogP contribution >= 0.6 is 23.5 Å². The van der Waals surface area contributed by atoms with Gasteiger partial charge >= 0.3 is 0 Å². The first-order valence-corrected chi connectivity index (χ1v) is 12.7. The van der Waals surface area contributed by atoms with Crippen LogP contribution in [0.3, 0.4) is 0 Å². The summed E-state index contributed by atoms with van der Waals surface area (Å²) < 4.78 is 45.5. The predicted molar refractivity (Wildman–Crippen MR) is 134 cm³/mol. The second-order valence-corrected chi connectivity index (χ2v) is 9.40. The maximum atomic E-state index is 13.1. The van der Waals surface area contributed by atoms with Crippen molar-refractivity contribution >= 4 is 33.8 Å². The molecule has 0 aromatic heterocycles. The minimum atomic E-state index is -0.198. The Bertz CT molecular complexity index is 1120. The van der Waals surface area contributed by atoms with E-state index in [-0.39, 0.29) is 46.8 Å². The molecule has 2 heterocycles. The summed E-state index contributed by atoms with van der Waals surface area (Å²) in [6.45, 7) is -0.305. The molecule has 0 amide bonds. The SMILES string of the molecule is COCOc1c2c(c(OC)c(OC)c1-c1c(OC)c(OC)c3c(c1OCOC)C(=O)SC3)CSC2=O. The normalized spacial score (nSPS) is 13.9. The molecular formula is C24H26O10S2. The van der Waals surface area contributed by atoms with Crippen molar-refractivity contribution in [2.45, 2.75) is 11.5 Å². The maximum absolute atomic E-state index is 13.1. The molecule has 36 heavy (non-hydrogen) atoms. The third-order valence-electron chi connectivity index (χ3n) is 5.74. The van der Waals surface area contributed by atoms with Gasteiger partial charge in [0.15, 0.2) is 36.6 Å². The minimum Gasteiger partial charge on any atom is -0.492 e. The van der Waals surface area contributed by atoms with E-state index in [0.29, 0.717) is 56.4 Å². The largest absolute Gasteiger partial charge is 0.492 e. The molecule has 0 saturated carbocycles. The number of hydrogen-bond acceptors (Lipinski definition) is 12. The van der Waals surface area contributed by atoms with E-state index in [1.165, 1.54) is 42.7 Å². The smallest absolute Gasteiger partial charge is 0.223 e. The van der Waals surface area contributed by atoms with Crippen molar-refractivity contribution in [1.82, 2.24) is 0 Å². The Morgan fingerprint density at radius 2 is 0.889 bits per heavy atom. The van der Waals surface area contributed by atoms with Crippen LogP contribution in [0.15, 0.2) is 0 Å². The molecule has 2 aliphatic heterocycles. The van der Waals surface area contributed by atoms with E-state index in [0.717, 1.165) is 23.5 Å². The van der Waals surface area contributed by atoms with Gasteiger partial charge < -0.3 is 37.9 Å². The summed E-state index contributed by atoms with van der Waals surface area (Å²) in [6.07, 6.45) is 0. The van der Waals surface area contributed by atoms with Crippen molar-refractivity contribution < 1.29 is 47.5 Å². The lowest BCUT2D eigenvalue weighted by Crippen LogP contribution is -2.12. The average molecular weight is 539 g/mol. The summed E-state index contributed by atoms with van der Waals surface area (Å²) in [5.74, 6) is 2.43. The first-order chi connectivity index (χ1) is 17.5. The highest BCUT2D eigenvalue weighted by Gasteiger charge is 2.41. The Morgan fingerprint density at radius 1 is 0.528 bits per heavy atom. The topological polar surface area (TPSA) is 108 Å². The maximum Gasteiger partial charge on any atom is 0.223 e. The van der Waals surface area contributed by atoms with E-state index in [9.17, 15) is 9.59 Å². The lowest BCUT2D eigenvalue weighted by atomic mass is 9.91. The van der Waals surface area contributed by atoms with Gasteiger partial charge in [-0.15, -0.1) is 0 Å². The van der Waals surface area contributed by atoms with E-state index >= 15 is 0 Å². The van der Waals surface area contributed by atoms with Crippen molar-refractivity contribution in [1.29, 1.82) is 0 Å². The predicted octanol–water partition coefficient (Wildman–Crippen LogP) is 4.13. The molecule has 0 radical (unpaired) electrons. The summed E-state index contributed by atoms with van der Waals surface area (Å²) in [4.78, 5) is 26.1. The van der Waals surface area contributed by atoms with Gasteiger partial charge in [-0.1, -0.05) is 23.5 Å². The van der Waals surface area contributed by atoms with Crippen molar-refractivity contribution in [2.75, 3.05) is 56.2 Å². The molecule has 12 heteroatoms. The molecule has 0 unspecified atom stereocenters. The second kappa shape index (κ2) is 11.1. The Hall–Kier alpha value is -2.80. The van der Waals surface area contributed by atoms with Crippen LogP contribution in [0.5, 0.6) is 34.5 Å². The molecule has 0 fully saturated rings. The molecule has 0 aliphatic carbocycles. The highest BCUT2D eigenvalue weighted by Crippen LogP contribution is 2.61. The number of carbonyl (C=O) groups excluding carboxylic acids is 2. The van der Waals surface area contributed by atoms with Crippen LogP contribution in [0.25, 0.3) is 11.1 Å². The monoisotopic (exact) mass is 538 g/mol. The van der Waals surface area contributed by atoms with Crippen LogP contribution in [-0.4, -0.2) is 66.5 Å². The number of thioether (sulfide) groups is 2. The second-order valence-electron chi connectivity index (χ2n) is 7.50. The Balaban J connectivity index is 2.23. The van der Waals surface area contributed by atoms with Crippen molar-refractivity contribution in [3.8, 4) is 45.6 Å². The van der Waals surface area contributed by atoms with Crippen LogP contribution in [0, 0.1) is 0 Å². The van der Waals surface area contributed by atoms with E-state index in [1.807, 2.05) is 0 Å². The van der Waals surface area contributed by atoms with Gasteiger partial charge in [0.25, 0.3) is 0 Å². The highest BCUT2D eigenvalue weighted by molar-refractivity contribution is 8.14. The number of benzene rings is 2. The number of ether oxygens (including phenoxy) is 8. The van der Waals surface area contributed by atoms with Crippen molar-refractivity contribution in [3.63, 3.8) is 0 Å². The van der Waals surface area contributed by atoms with Gasteiger partial charge in [0.05, 0.1) is 50.7 Å². The average Bonchev–Trinajstić information content (AvgIpc) is 3.47. The van der Waals surface area contributed by atoms with Crippen LogP contribution in [0.2, 0.25) is 0 Å². The van der Waals surface area contributed by atoms with Crippen LogP contribution in [0.4, 0.5) is 0 Å². The zero-order valence-electron chi connectivity index (χ0n) is 20.7. The Morgan fingerprint density at radius 3 is 1.19 bits per heavy atom. The number of rotatable bonds is 11. The number of hydrogen-bond donors (Lipinski definition) is 0. The molecule has 0 spiro atoms. The third-order valence-corrected chi connectivity index (χ3v) is 7.54. The minimum absolute atomic E-state index is 0.152. The van der Waals surface area contributed by atoms with Gasteiger partial charge in [0.1, 0.15) is 11.5 Å². The van der Waals surface area contributed by atoms with E-state index in [1.54, 1.807) is 0 Å². The van der Waals surface area contributed by atoms with Gasteiger partial charge in [0.2, 0.25) is 10.2 Å². The molecule has 0 atom stereocenters. The van der Waals surface area contributed by atoms with E-state index in [4.69, 9.17) is 37.9 Å². The van der Waals surface area contributed by atoms with E-state index < -0.39 is 0 Å². The lowest BCUT2D eigenvalue weighted by Gasteiger charge is -2.26. The quantitative estimate of drug-likeness (QED) is 0.384. The number of fused-ring (bicyclic) bond motifs is 2. The molecule has 2 aromatic carbocycles. The fourth-order valence-corrected chi connectivity index (χ4v) is 6.21. The van der Waals surface area contributed by atoms with Gasteiger partial charge in [-0.3, -0.25) is 9.59 Å². The molecule has 0 saturated heterocycles. The molecule has 2 aliphatic rings. The molecule has 10 nitrogen and oxygen atoms in total. The summed E-state index contributed by atoms with van der Waals surface area (Å²) in [5.41, 5.74) is 2.52. The zero-order valence-corrected chi connectivity index (χ0v) is 22.4. The molecule has 4 rings (SSSR count). The van der Waals surface area contributed by atoms with Crippen LogP contribution < -0.4 is 28.4 Å². The fraction of sp³-hybridized carbons (Fsp3) is 0.417. The number of carbonyl (C=O) groups is 2. The van der Waals surface area contributed by atoms with Crippen LogP contribution in [-0.2, 0) is 21.0 Å². The summed E-state index contributed by atoms with van der Waals surface area (Å²) in [5, 5.41) is -0.396. The number of methoxy groups -OCH3 is 6. The Kier molecular flexibility index (Phi) is 8.08.